The van der Waals surface area contributed by atoms with Crippen LogP contribution in [0.4, 0.5) is 0 Å². The van der Waals surface area contributed by atoms with Crippen LogP contribution in [0.15, 0.2) is 47.1 Å². The molecule has 0 unspecified atom stereocenters. The zero-order valence-corrected chi connectivity index (χ0v) is 15.8. The smallest absolute Gasteiger partial charge is 0.286 e. The van der Waals surface area contributed by atoms with Crippen LogP contribution in [0, 0.1) is 0 Å². The molecular weight excluding hydrogens is 342 g/mol. The Bertz CT molecular complexity index is 840. The highest BCUT2D eigenvalue weighted by atomic mass is 16.5. The number of unbranched alkanes of at least 4 members (excludes halogenated alkanes) is 2. The average molecular weight is 369 g/mol. The minimum Gasteiger partial charge on any atom is -0.459 e. The highest BCUT2D eigenvalue weighted by Gasteiger charge is 2.10. The number of ether oxygens (including phenoxy) is 1. The number of carbonyl (C=O) groups is 1. The van der Waals surface area contributed by atoms with Gasteiger partial charge in [0.2, 0.25) is 0 Å². The highest BCUT2D eigenvalue weighted by molar-refractivity contribution is 5.91. The van der Waals surface area contributed by atoms with Crippen LogP contribution >= 0.6 is 0 Å². The third-order valence-corrected chi connectivity index (χ3v) is 4.50. The average Bonchev–Trinajstić information content (AvgIpc) is 3.33. The van der Waals surface area contributed by atoms with E-state index in [1.807, 2.05) is 19.1 Å². The molecule has 6 heteroatoms. The number of aromatic nitrogens is 2. The predicted molar refractivity (Wildman–Crippen MR) is 105 cm³/mol. The summed E-state index contributed by atoms with van der Waals surface area (Å²) in [6, 6.07) is 11.6. The number of fused-ring (bicyclic) bond motifs is 1. The van der Waals surface area contributed by atoms with Crippen molar-refractivity contribution in [1.82, 2.24) is 14.9 Å². The highest BCUT2D eigenvalue weighted by Crippen LogP contribution is 2.17. The van der Waals surface area contributed by atoms with Crippen molar-refractivity contribution in [2.24, 2.45) is 0 Å². The lowest BCUT2D eigenvalue weighted by atomic mass is 10.2. The molecule has 0 aliphatic carbocycles. The quantitative estimate of drug-likeness (QED) is 0.522. The van der Waals surface area contributed by atoms with Crippen molar-refractivity contribution in [2.75, 3.05) is 19.8 Å². The monoisotopic (exact) mass is 369 g/mol. The normalized spacial score (nSPS) is 11.1. The van der Waals surface area contributed by atoms with Crippen LogP contribution in [0.5, 0.6) is 0 Å². The van der Waals surface area contributed by atoms with Crippen LogP contribution in [-0.2, 0) is 17.7 Å². The lowest BCUT2D eigenvalue weighted by molar-refractivity contribution is 0.0925. The molecule has 0 saturated carbocycles. The van der Waals surface area contributed by atoms with Gasteiger partial charge in [0.15, 0.2) is 5.76 Å². The Balaban J connectivity index is 1.46. The topological polar surface area (TPSA) is 69.3 Å². The van der Waals surface area contributed by atoms with Crippen molar-refractivity contribution >= 4 is 16.9 Å². The first kappa shape index (κ1) is 19.2. The van der Waals surface area contributed by atoms with Gasteiger partial charge >= 0.3 is 0 Å². The van der Waals surface area contributed by atoms with Gasteiger partial charge in [0, 0.05) is 26.1 Å². The zero-order valence-electron chi connectivity index (χ0n) is 15.8. The largest absolute Gasteiger partial charge is 0.459 e. The van der Waals surface area contributed by atoms with E-state index in [0.717, 1.165) is 55.7 Å². The van der Waals surface area contributed by atoms with Gasteiger partial charge in [-0.15, -0.1) is 0 Å². The van der Waals surface area contributed by atoms with Gasteiger partial charge in [-0.1, -0.05) is 18.6 Å². The van der Waals surface area contributed by atoms with Crippen molar-refractivity contribution in [2.45, 2.75) is 39.2 Å². The molecule has 0 saturated heterocycles. The second-order valence-electron chi connectivity index (χ2n) is 6.41. The Labute approximate surface area is 159 Å². The molecule has 1 aromatic carbocycles. The summed E-state index contributed by atoms with van der Waals surface area (Å²) in [6.07, 6.45) is 5.44. The number of benzene rings is 1. The molecule has 144 valence electrons. The summed E-state index contributed by atoms with van der Waals surface area (Å²) in [6.45, 7) is 4.91. The molecule has 0 bridgehead atoms. The molecule has 2 aromatic heterocycles. The van der Waals surface area contributed by atoms with Crippen LogP contribution in [0.2, 0.25) is 0 Å². The molecule has 2 heterocycles. The van der Waals surface area contributed by atoms with Gasteiger partial charge in [-0.2, -0.15) is 0 Å². The second-order valence-corrected chi connectivity index (χ2v) is 6.41. The number of hydrogen-bond acceptors (Lipinski definition) is 4. The number of carbonyl (C=O) groups excluding carboxylic acids is 1. The fourth-order valence-electron chi connectivity index (χ4n) is 3.15. The Hall–Kier alpha value is -2.60. The van der Waals surface area contributed by atoms with E-state index in [0.29, 0.717) is 18.9 Å². The number of rotatable bonds is 11. The van der Waals surface area contributed by atoms with Crippen LogP contribution in [-0.4, -0.2) is 35.2 Å². The van der Waals surface area contributed by atoms with Crippen LogP contribution < -0.4 is 5.32 Å². The third kappa shape index (κ3) is 5.20. The van der Waals surface area contributed by atoms with E-state index in [2.05, 4.69) is 22.0 Å². The van der Waals surface area contributed by atoms with E-state index in [9.17, 15) is 4.79 Å². The fraction of sp³-hybridized carbons (Fsp3) is 0.429. The molecule has 0 aliphatic heterocycles. The van der Waals surface area contributed by atoms with E-state index in [1.54, 1.807) is 12.1 Å². The third-order valence-electron chi connectivity index (χ3n) is 4.50. The van der Waals surface area contributed by atoms with Gasteiger partial charge in [-0.3, -0.25) is 4.79 Å². The maximum atomic E-state index is 11.8. The lowest BCUT2D eigenvalue weighted by Gasteiger charge is -2.09. The standard InChI is InChI=1S/C21H27N3O3/c1-2-26-16-14-24-18-10-6-5-9-17(18)23-20(24)12-4-3-7-13-22-21(25)19-11-8-15-27-19/h5-6,8-11,15H,2-4,7,12-14,16H2,1H3,(H,22,25). The number of para-hydroxylation sites is 2. The second kappa shape index (κ2) is 9.92. The van der Waals surface area contributed by atoms with Gasteiger partial charge in [0.25, 0.3) is 5.91 Å². The molecule has 0 aliphatic rings. The summed E-state index contributed by atoms with van der Waals surface area (Å²) in [5, 5.41) is 2.88. The summed E-state index contributed by atoms with van der Waals surface area (Å²) in [5.74, 6) is 1.31. The van der Waals surface area contributed by atoms with Crippen LogP contribution in [0.25, 0.3) is 11.0 Å². The molecule has 1 N–H and O–H groups in total. The number of aryl methyl sites for hydroxylation is 1. The lowest BCUT2D eigenvalue weighted by Crippen LogP contribution is -2.23. The summed E-state index contributed by atoms with van der Waals surface area (Å²) >= 11 is 0. The number of hydrogen-bond donors (Lipinski definition) is 1. The summed E-state index contributed by atoms with van der Waals surface area (Å²) < 4.78 is 12.9. The van der Waals surface area contributed by atoms with Gasteiger partial charge < -0.3 is 19.0 Å². The molecule has 3 rings (SSSR count). The van der Waals surface area contributed by atoms with E-state index in [1.165, 1.54) is 6.26 Å². The Morgan fingerprint density at radius 3 is 2.89 bits per heavy atom. The first-order chi connectivity index (χ1) is 13.3. The molecular formula is C21H27N3O3. The van der Waals surface area contributed by atoms with Crippen molar-refractivity contribution in [3.8, 4) is 0 Å². The van der Waals surface area contributed by atoms with Gasteiger partial charge in [0.1, 0.15) is 5.82 Å². The molecule has 0 radical (unpaired) electrons. The molecule has 0 spiro atoms. The molecule has 0 atom stereocenters. The minimum absolute atomic E-state index is 0.155. The van der Waals surface area contributed by atoms with E-state index < -0.39 is 0 Å². The van der Waals surface area contributed by atoms with Gasteiger partial charge in [0.05, 0.1) is 23.9 Å². The molecule has 6 nitrogen and oxygen atoms in total. The summed E-state index contributed by atoms with van der Waals surface area (Å²) in [7, 11) is 0. The van der Waals surface area contributed by atoms with Crippen LogP contribution in [0.3, 0.4) is 0 Å². The number of nitrogens with zero attached hydrogens (tertiary/aromatic N) is 2. The maximum absolute atomic E-state index is 11.8. The van der Waals surface area contributed by atoms with Crippen molar-refractivity contribution in [1.29, 1.82) is 0 Å². The molecule has 3 aromatic rings. The number of amides is 1. The Kier molecular flexibility index (Phi) is 7.04. The maximum Gasteiger partial charge on any atom is 0.286 e. The first-order valence-corrected chi connectivity index (χ1v) is 9.63. The van der Waals surface area contributed by atoms with Crippen LogP contribution in [0.1, 0.15) is 42.6 Å². The first-order valence-electron chi connectivity index (χ1n) is 9.63. The SMILES string of the molecule is CCOCCn1c(CCCCCNC(=O)c2ccco2)nc2ccccc21. The van der Waals surface area contributed by atoms with E-state index in [4.69, 9.17) is 14.1 Å². The number of imidazole rings is 1. The Morgan fingerprint density at radius 2 is 2.07 bits per heavy atom. The summed E-state index contributed by atoms with van der Waals surface area (Å²) in [5.41, 5.74) is 2.20. The Morgan fingerprint density at radius 1 is 1.19 bits per heavy atom. The fourth-order valence-corrected chi connectivity index (χ4v) is 3.15. The zero-order chi connectivity index (χ0) is 18.9. The molecule has 27 heavy (non-hydrogen) atoms. The molecule has 1 amide bonds. The van der Waals surface area contributed by atoms with E-state index >= 15 is 0 Å². The van der Waals surface area contributed by atoms with E-state index in [-0.39, 0.29) is 5.91 Å². The number of furan rings is 1. The van der Waals surface area contributed by atoms with Gasteiger partial charge in [-0.05, 0) is 44.0 Å². The number of nitrogens with one attached hydrogen (secondary N) is 1. The summed E-state index contributed by atoms with van der Waals surface area (Å²) in [4.78, 5) is 16.6. The van der Waals surface area contributed by atoms with Crippen molar-refractivity contribution < 1.29 is 13.9 Å². The predicted octanol–water partition coefficient (Wildman–Crippen LogP) is 3.81. The van der Waals surface area contributed by atoms with Crippen molar-refractivity contribution in [3.63, 3.8) is 0 Å². The molecule has 0 fully saturated rings. The minimum atomic E-state index is -0.155. The van der Waals surface area contributed by atoms with Crippen molar-refractivity contribution in [3.05, 3.63) is 54.2 Å². The van der Waals surface area contributed by atoms with Gasteiger partial charge in [-0.25, -0.2) is 4.98 Å².